The Morgan fingerprint density at radius 3 is 2.95 bits per heavy atom. The molecule has 0 spiro atoms. The molecule has 1 aliphatic carbocycles. The number of hydrogen-bond acceptors (Lipinski definition) is 3. The van der Waals surface area contributed by atoms with Gasteiger partial charge in [-0.25, -0.2) is 4.98 Å². The van der Waals surface area contributed by atoms with E-state index in [-0.39, 0.29) is 5.91 Å². The lowest BCUT2D eigenvalue weighted by Gasteiger charge is -2.06. The fraction of sp³-hybridized carbons (Fsp3) is 0.429. The third kappa shape index (κ3) is 2.41. The summed E-state index contributed by atoms with van der Waals surface area (Å²) >= 11 is 0. The molecule has 100 valence electrons. The Morgan fingerprint density at radius 2 is 2.32 bits per heavy atom. The van der Waals surface area contributed by atoms with E-state index in [1.54, 1.807) is 0 Å². The first-order chi connectivity index (χ1) is 9.15. The predicted molar refractivity (Wildman–Crippen MR) is 69.8 cm³/mol. The molecule has 0 bridgehead atoms. The Labute approximate surface area is 111 Å². The molecule has 1 aliphatic rings. The van der Waals surface area contributed by atoms with Crippen LogP contribution in [0.5, 0.6) is 0 Å². The van der Waals surface area contributed by atoms with E-state index >= 15 is 0 Å². The molecule has 0 unspecified atom stereocenters. The van der Waals surface area contributed by atoms with Gasteiger partial charge in [0, 0.05) is 24.4 Å². The summed E-state index contributed by atoms with van der Waals surface area (Å²) in [5.41, 5.74) is 2.23. The van der Waals surface area contributed by atoms with Gasteiger partial charge < -0.3 is 14.3 Å². The molecule has 0 radical (unpaired) electrons. The quantitative estimate of drug-likeness (QED) is 0.915. The molecule has 19 heavy (non-hydrogen) atoms. The van der Waals surface area contributed by atoms with Crippen molar-refractivity contribution in [3.8, 4) is 0 Å². The molecular formula is C14H17N3O2. The summed E-state index contributed by atoms with van der Waals surface area (Å²) in [7, 11) is 1.98. The highest BCUT2D eigenvalue weighted by atomic mass is 16.4. The Hall–Kier alpha value is -2.04. The molecule has 2 heterocycles. The monoisotopic (exact) mass is 259 g/mol. The van der Waals surface area contributed by atoms with Gasteiger partial charge in [-0.15, -0.1) is 0 Å². The maximum absolute atomic E-state index is 11.9. The van der Waals surface area contributed by atoms with Gasteiger partial charge in [0.2, 0.25) is 5.76 Å². The number of rotatable bonds is 4. The molecule has 1 amide bonds. The van der Waals surface area contributed by atoms with Crippen LogP contribution in [0.25, 0.3) is 0 Å². The highest BCUT2D eigenvalue weighted by Crippen LogP contribution is 2.39. The second kappa shape index (κ2) is 4.57. The molecule has 2 aromatic heterocycles. The summed E-state index contributed by atoms with van der Waals surface area (Å²) in [5, 5.41) is 2.85. The zero-order valence-electron chi connectivity index (χ0n) is 11.1. The summed E-state index contributed by atoms with van der Waals surface area (Å²) < 4.78 is 7.52. The van der Waals surface area contributed by atoms with Crippen LogP contribution in [0.2, 0.25) is 0 Å². The third-order valence-corrected chi connectivity index (χ3v) is 3.58. The average molecular weight is 259 g/mol. The number of hydrogen-bond donors (Lipinski definition) is 1. The first-order valence-corrected chi connectivity index (χ1v) is 6.50. The van der Waals surface area contributed by atoms with Gasteiger partial charge in [-0.1, -0.05) is 0 Å². The Balaban J connectivity index is 1.62. The topological polar surface area (TPSA) is 60.1 Å². The Morgan fingerprint density at radius 1 is 1.53 bits per heavy atom. The van der Waals surface area contributed by atoms with E-state index < -0.39 is 0 Å². The SMILES string of the molecule is Cc1ccc(CNC(=O)c2cnc(C3CC3)o2)n1C. The van der Waals surface area contributed by atoms with Gasteiger partial charge >= 0.3 is 0 Å². The van der Waals surface area contributed by atoms with Crippen LogP contribution in [0.1, 0.15) is 46.6 Å². The molecule has 0 saturated heterocycles. The number of oxazole rings is 1. The van der Waals surface area contributed by atoms with Gasteiger partial charge in [-0.2, -0.15) is 0 Å². The fourth-order valence-electron chi connectivity index (χ4n) is 2.01. The molecule has 0 aliphatic heterocycles. The summed E-state index contributed by atoms with van der Waals surface area (Å²) in [6.45, 7) is 2.52. The lowest BCUT2D eigenvalue weighted by molar-refractivity contribution is 0.0920. The third-order valence-electron chi connectivity index (χ3n) is 3.58. The molecule has 3 rings (SSSR count). The van der Waals surface area contributed by atoms with Crippen molar-refractivity contribution in [2.45, 2.75) is 32.2 Å². The largest absolute Gasteiger partial charge is 0.435 e. The molecule has 1 N–H and O–H groups in total. The van der Waals surface area contributed by atoms with E-state index in [2.05, 4.69) is 14.9 Å². The minimum atomic E-state index is -0.210. The fourth-order valence-corrected chi connectivity index (χ4v) is 2.01. The molecule has 0 aromatic carbocycles. The van der Waals surface area contributed by atoms with Gasteiger partial charge in [0.15, 0.2) is 5.89 Å². The van der Waals surface area contributed by atoms with Crippen LogP contribution in [-0.2, 0) is 13.6 Å². The van der Waals surface area contributed by atoms with Crippen LogP contribution in [0, 0.1) is 6.92 Å². The van der Waals surface area contributed by atoms with Crippen molar-refractivity contribution in [2.75, 3.05) is 0 Å². The number of nitrogens with zero attached hydrogens (tertiary/aromatic N) is 2. The standard InChI is InChI=1S/C14H17N3O2/c1-9-3-6-11(17(9)2)7-15-13(18)12-8-16-14(19-12)10-4-5-10/h3,6,8,10H,4-5,7H2,1-2H3,(H,15,18). The number of aromatic nitrogens is 2. The van der Waals surface area contributed by atoms with Crippen molar-refractivity contribution in [3.05, 3.63) is 41.4 Å². The average Bonchev–Trinajstić information content (AvgIpc) is 3.06. The minimum Gasteiger partial charge on any atom is -0.435 e. The van der Waals surface area contributed by atoms with Crippen LogP contribution in [0.15, 0.2) is 22.7 Å². The summed E-state index contributed by atoms with van der Waals surface area (Å²) in [5.74, 6) is 1.21. The highest BCUT2D eigenvalue weighted by molar-refractivity contribution is 5.91. The highest BCUT2D eigenvalue weighted by Gasteiger charge is 2.29. The van der Waals surface area contributed by atoms with Gasteiger partial charge in [0.05, 0.1) is 12.7 Å². The minimum absolute atomic E-state index is 0.210. The number of carbonyl (C=O) groups excluding carboxylic acids is 1. The van der Waals surface area contributed by atoms with Crippen molar-refractivity contribution in [1.82, 2.24) is 14.9 Å². The van der Waals surface area contributed by atoms with Gasteiger partial charge in [0.25, 0.3) is 5.91 Å². The number of aryl methyl sites for hydroxylation is 1. The van der Waals surface area contributed by atoms with E-state index in [4.69, 9.17) is 4.42 Å². The summed E-state index contributed by atoms with van der Waals surface area (Å²) in [4.78, 5) is 16.1. The van der Waals surface area contributed by atoms with Gasteiger partial charge in [-0.05, 0) is 31.9 Å². The van der Waals surface area contributed by atoms with Crippen LogP contribution >= 0.6 is 0 Å². The van der Waals surface area contributed by atoms with Crippen molar-refractivity contribution < 1.29 is 9.21 Å². The van der Waals surface area contributed by atoms with Crippen LogP contribution in [-0.4, -0.2) is 15.5 Å². The normalized spacial score (nSPS) is 14.6. The van der Waals surface area contributed by atoms with Crippen LogP contribution in [0.3, 0.4) is 0 Å². The van der Waals surface area contributed by atoms with E-state index in [9.17, 15) is 4.79 Å². The Kier molecular flexibility index (Phi) is 2.89. The smallest absolute Gasteiger partial charge is 0.289 e. The maximum Gasteiger partial charge on any atom is 0.289 e. The summed E-state index contributed by atoms with van der Waals surface area (Å²) in [6.07, 6.45) is 3.74. The van der Waals surface area contributed by atoms with E-state index in [0.717, 1.165) is 18.5 Å². The second-order valence-electron chi connectivity index (χ2n) is 5.04. The number of amides is 1. The zero-order valence-corrected chi connectivity index (χ0v) is 11.1. The molecular weight excluding hydrogens is 242 g/mol. The van der Waals surface area contributed by atoms with Crippen LogP contribution in [0.4, 0.5) is 0 Å². The lowest BCUT2D eigenvalue weighted by Crippen LogP contribution is -2.23. The van der Waals surface area contributed by atoms with Crippen LogP contribution < -0.4 is 5.32 Å². The van der Waals surface area contributed by atoms with E-state index in [1.165, 1.54) is 11.9 Å². The van der Waals surface area contributed by atoms with Gasteiger partial charge in [0.1, 0.15) is 0 Å². The second-order valence-corrected chi connectivity index (χ2v) is 5.04. The predicted octanol–water partition coefficient (Wildman–Crippen LogP) is 2.13. The first kappa shape index (κ1) is 12.0. The molecule has 5 heteroatoms. The lowest BCUT2D eigenvalue weighted by atomic mass is 10.4. The molecule has 5 nitrogen and oxygen atoms in total. The molecule has 0 atom stereocenters. The maximum atomic E-state index is 11.9. The number of carbonyl (C=O) groups is 1. The van der Waals surface area contributed by atoms with Crippen molar-refractivity contribution in [1.29, 1.82) is 0 Å². The number of nitrogens with one attached hydrogen (secondary N) is 1. The Bertz CT molecular complexity index is 608. The van der Waals surface area contributed by atoms with Crippen molar-refractivity contribution in [2.24, 2.45) is 7.05 Å². The van der Waals surface area contributed by atoms with E-state index in [0.29, 0.717) is 24.1 Å². The van der Waals surface area contributed by atoms with E-state index in [1.807, 2.05) is 26.1 Å². The van der Waals surface area contributed by atoms with Crippen molar-refractivity contribution >= 4 is 5.91 Å². The van der Waals surface area contributed by atoms with Crippen molar-refractivity contribution in [3.63, 3.8) is 0 Å². The first-order valence-electron chi connectivity index (χ1n) is 6.50. The molecule has 2 aromatic rings. The summed E-state index contributed by atoms with van der Waals surface area (Å²) in [6, 6.07) is 4.03. The molecule has 1 fully saturated rings. The molecule has 1 saturated carbocycles. The van der Waals surface area contributed by atoms with Gasteiger partial charge in [-0.3, -0.25) is 4.79 Å². The zero-order chi connectivity index (χ0) is 13.4.